The first kappa shape index (κ1) is 21.8. The van der Waals surface area contributed by atoms with E-state index in [2.05, 4.69) is 15.9 Å². The van der Waals surface area contributed by atoms with Gasteiger partial charge < -0.3 is 9.15 Å². The molecular formula is C24H14BrF3O4. The van der Waals surface area contributed by atoms with Crippen molar-refractivity contribution >= 4 is 32.7 Å². The third-order valence-electron chi connectivity index (χ3n) is 4.72. The second-order valence-corrected chi connectivity index (χ2v) is 7.79. The van der Waals surface area contributed by atoms with Gasteiger partial charge in [0.2, 0.25) is 11.2 Å². The van der Waals surface area contributed by atoms with Crippen LogP contribution in [0.15, 0.2) is 86.5 Å². The quantitative estimate of drug-likeness (QED) is 0.292. The fourth-order valence-corrected chi connectivity index (χ4v) is 3.46. The molecule has 0 N–H and O–H groups in total. The van der Waals surface area contributed by atoms with Gasteiger partial charge in [-0.2, -0.15) is 13.2 Å². The van der Waals surface area contributed by atoms with Crippen LogP contribution in [-0.2, 0) is 6.18 Å². The van der Waals surface area contributed by atoms with E-state index < -0.39 is 22.9 Å². The van der Waals surface area contributed by atoms with E-state index >= 15 is 0 Å². The normalized spacial score (nSPS) is 11.5. The predicted octanol–water partition coefficient (Wildman–Crippen LogP) is 6.50. The highest BCUT2D eigenvalue weighted by Gasteiger charge is 2.39. The first-order chi connectivity index (χ1) is 15.2. The van der Waals surface area contributed by atoms with E-state index in [4.69, 9.17) is 9.15 Å². The van der Waals surface area contributed by atoms with Crippen molar-refractivity contribution in [2.75, 3.05) is 6.61 Å². The van der Waals surface area contributed by atoms with E-state index in [1.807, 2.05) is 0 Å². The Morgan fingerprint density at radius 2 is 1.66 bits per heavy atom. The minimum atomic E-state index is -4.89. The van der Waals surface area contributed by atoms with Gasteiger partial charge in [0.25, 0.3) is 0 Å². The van der Waals surface area contributed by atoms with Crippen LogP contribution in [0.2, 0.25) is 0 Å². The smallest absolute Gasteiger partial charge is 0.450 e. The Labute approximate surface area is 188 Å². The minimum absolute atomic E-state index is 0.0299. The molecule has 1 aromatic heterocycles. The third-order valence-corrected chi connectivity index (χ3v) is 5.25. The Morgan fingerprint density at radius 3 is 2.31 bits per heavy atom. The monoisotopic (exact) mass is 502 g/mol. The van der Waals surface area contributed by atoms with Gasteiger partial charge in [-0.15, -0.1) is 0 Å². The van der Waals surface area contributed by atoms with Crippen LogP contribution in [0.5, 0.6) is 5.75 Å². The summed E-state index contributed by atoms with van der Waals surface area (Å²) in [6, 6.07) is 18.3. The van der Waals surface area contributed by atoms with Gasteiger partial charge >= 0.3 is 6.18 Å². The maximum absolute atomic E-state index is 13.7. The molecule has 4 aromatic rings. The number of halogens is 4. The first-order valence-electron chi connectivity index (χ1n) is 9.39. The van der Waals surface area contributed by atoms with Gasteiger partial charge in [-0.1, -0.05) is 58.4 Å². The molecule has 4 rings (SSSR count). The Morgan fingerprint density at radius 1 is 0.969 bits per heavy atom. The van der Waals surface area contributed by atoms with Gasteiger partial charge in [0, 0.05) is 16.1 Å². The molecule has 0 saturated carbocycles. The summed E-state index contributed by atoms with van der Waals surface area (Å²) in [4.78, 5) is 25.2. The lowest BCUT2D eigenvalue weighted by molar-refractivity contribution is -0.152. The van der Waals surface area contributed by atoms with Crippen molar-refractivity contribution in [2.24, 2.45) is 0 Å². The lowest BCUT2D eigenvalue weighted by Crippen LogP contribution is -2.16. The number of rotatable bonds is 5. The highest BCUT2D eigenvalue weighted by Crippen LogP contribution is 2.38. The fourth-order valence-electron chi connectivity index (χ4n) is 3.20. The molecule has 3 aromatic carbocycles. The number of ketones is 1. The van der Waals surface area contributed by atoms with Gasteiger partial charge in [-0.05, 0) is 29.8 Å². The number of hydrogen-bond acceptors (Lipinski definition) is 4. The number of Topliss-reactive ketones (excluding diaryl/α,β-unsaturated/α-hetero) is 1. The molecule has 0 bridgehead atoms. The summed E-state index contributed by atoms with van der Waals surface area (Å²) >= 11 is 3.22. The number of carbonyl (C=O) groups excluding carboxylic acids is 1. The maximum atomic E-state index is 13.7. The van der Waals surface area contributed by atoms with E-state index in [9.17, 15) is 22.8 Å². The van der Waals surface area contributed by atoms with Crippen molar-refractivity contribution < 1.29 is 27.1 Å². The highest BCUT2D eigenvalue weighted by atomic mass is 79.9. The van der Waals surface area contributed by atoms with Gasteiger partial charge in [0.05, 0.1) is 10.9 Å². The molecule has 0 amide bonds. The fraction of sp³-hybridized carbons (Fsp3) is 0.0833. The summed E-state index contributed by atoms with van der Waals surface area (Å²) < 4.78 is 52.5. The summed E-state index contributed by atoms with van der Waals surface area (Å²) in [6.45, 7) is -0.317. The number of benzene rings is 3. The topological polar surface area (TPSA) is 56.5 Å². The molecule has 0 aliphatic rings. The molecule has 0 unspecified atom stereocenters. The predicted molar refractivity (Wildman–Crippen MR) is 117 cm³/mol. The Kier molecular flexibility index (Phi) is 5.88. The molecule has 0 spiro atoms. The zero-order valence-electron chi connectivity index (χ0n) is 16.3. The molecule has 0 atom stereocenters. The van der Waals surface area contributed by atoms with Crippen LogP contribution < -0.4 is 10.2 Å². The van der Waals surface area contributed by atoms with Crippen molar-refractivity contribution in [3.05, 3.63) is 98.8 Å². The largest absolute Gasteiger partial charge is 0.485 e. The summed E-state index contributed by atoms with van der Waals surface area (Å²) in [5.41, 5.74) is -1.13. The van der Waals surface area contributed by atoms with E-state index in [1.54, 1.807) is 42.5 Å². The average Bonchev–Trinajstić information content (AvgIpc) is 2.78. The molecule has 0 aliphatic heterocycles. The van der Waals surface area contributed by atoms with Crippen molar-refractivity contribution in [3.63, 3.8) is 0 Å². The maximum Gasteiger partial charge on any atom is 0.450 e. The molecule has 0 saturated heterocycles. The SMILES string of the molecule is O=C(COc1ccc2c(=O)c(-c3ccc(Br)cc3)c(C(F)(F)F)oc2c1)c1ccccc1. The van der Waals surface area contributed by atoms with Crippen molar-refractivity contribution in [1.29, 1.82) is 0 Å². The van der Waals surface area contributed by atoms with Crippen LogP contribution in [0.25, 0.3) is 22.1 Å². The number of alkyl halides is 3. The van der Waals surface area contributed by atoms with E-state index in [0.29, 0.717) is 10.0 Å². The Bertz CT molecular complexity index is 1340. The van der Waals surface area contributed by atoms with E-state index in [0.717, 1.165) is 0 Å². The summed E-state index contributed by atoms with van der Waals surface area (Å²) in [5, 5.41) is -0.0299. The first-order valence-corrected chi connectivity index (χ1v) is 10.2. The lowest BCUT2D eigenvalue weighted by Gasteiger charge is -2.13. The van der Waals surface area contributed by atoms with Gasteiger partial charge in [0.15, 0.2) is 12.4 Å². The zero-order chi connectivity index (χ0) is 22.9. The van der Waals surface area contributed by atoms with Crippen LogP contribution in [0, 0.1) is 0 Å². The molecule has 162 valence electrons. The molecule has 0 aliphatic carbocycles. The zero-order valence-corrected chi connectivity index (χ0v) is 17.9. The van der Waals surface area contributed by atoms with Crippen molar-refractivity contribution in [2.45, 2.75) is 6.18 Å². The molecule has 8 heteroatoms. The lowest BCUT2D eigenvalue weighted by atomic mass is 10.0. The standard InChI is InChI=1S/C24H14BrF3O4/c25-16-8-6-15(7-9-16)21-22(30)18-11-10-17(12-20(18)32-23(21)24(26,27)28)31-13-19(29)14-4-2-1-3-5-14/h1-12H,13H2. The molecule has 1 heterocycles. The molecule has 4 nitrogen and oxygen atoms in total. The number of hydrogen-bond donors (Lipinski definition) is 0. The van der Waals surface area contributed by atoms with Crippen LogP contribution in [0.4, 0.5) is 13.2 Å². The van der Waals surface area contributed by atoms with Crippen molar-refractivity contribution in [1.82, 2.24) is 0 Å². The van der Waals surface area contributed by atoms with Gasteiger partial charge in [0.1, 0.15) is 11.3 Å². The van der Waals surface area contributed by atoms with E-state index in [-0.39, 0.29) is 34.7 Å². The van der Waals surface area contributed by atoms with Crippen LogP contribution in [0.1, 0.15) is 16.1 Å². The third kappa shape index (κ3) is 4.45. The summed E-state index contributed by atoms with van der Waals surface area (Å²) in [7, 11) is 0. The molecule has 0 radical (unpaired) electrons. The summed E-state index contributed by atoms with van der Waals surface area (Å²) in [6.07, 6.45) is -4.89. The van der Waals surface area contributed by atoms with E-state index in [1.165, 1.54) is 30.3 Å². The van der Waals surface area contributed by atoms with Gasteiger partial charge in [-0.25, -0.2) is 0 Å². The minimum Gasteiger partial charge on any atom is -0.485 e. The molecule has 32 heavy (non-hydrogen) atoms. The van der Waals surface area contributed by atoms with Crippen LogP contribution >= 0.6 is 15.9 Å². The van der Waals surface area contributed by atoms with Gasteiger partial charge in [-0.3, -0.25) is 9.59 Å². The molecule has 0 fully saturated rings. The molecular weight excluding hydrogens is 489 g/mol. The highest BCUT2D eigenvalue weighted by molar-refractivity contribution is 9.10. The van der Waals surface area contributed by atoms with Crippen molar-refractivity contribution in [3.8, 4) is 16.9 Å². The Balaban J connectivity index is 1.74. The Hall–Kier alpha value is -3.39. The van der Waals surface area contributed by atoms with Crippen LogP contribution in [-0.4, -0.2) is 12.4 Å². The number of ether oxygens (including phenoxy) is 1. The number of fused-ring (bicyclic) bond motifs is 1. The second kappa shape index (κ2) is 8.63. The number of carbonyl (C=O) groups is 1. The average molecular weight is 503 g/mol. The van der Waals surface area contributed by atoms with Crippen LogP contribution in [0.3, 0.4) is 0 Å². The second-order valence-electron chi connectivity index (χ2n) is 6.88. The summed E-state index contributed by atoms with van der Waals surface area (Å²) in [5.74, 6) is -1.59.